The van der Waals surface area contributed by atoms with Gasteiger partial charge in [-0.1, -0.05) is 12.1 Å². The number of nitrogens with zero attached hydrogens (tertiary/aromatic N) is 1. The van der Waals surface area contributed by atoms with Crippen LogP contribution in [0.4, 0.5) is 0 Å². The molecule has 0 aliphatic carbocycles. The van der Waals surface area contributed by atoms with E-state index in [1.54, 1.807) is 7.11 Å². The van der Waals surface area contributed by atoms with Crippen molar-refractivity contribution < 1.29 is 9.53 Å². The molecule has 0 saturated carbocycles. The monoisotopic (exact) mass is 310 g/mol. The number of ether oxygens (including phenoxy) is 1. The number of halogens is 1. The largest absolute Gasteiger partial charge is 0.497 e. The van der Waals surface area contributed by atoms with Crippen molar-refractivity contribution in [2.75, 3.05) is 26.7 Å². The standard InChI is InChI=1S/C16H22N2O2.ClH/c1-20-14-5-2-4-13(10-14)11-18-9-7-16(15(18)19)6-3-8-17-12-16;/h2,4-5,10,17H,3,6-9,11-12H2,1H3;1H. The summed E-state index contributed by atoms with van der Waals surface area (Å²) in [6, 6.07) is 7.98. The maximum absolute atomic E-state index is 12.7. The lowest BCUT2D eigenvalue weighted by Crippen LogP contribution is -2.45. The predicted molar refractivity (Wildman–Crippen MR) is 84.8 cm³/mol. The molecule has 2 heterocycles. The average Bonchev–Trinajstić information content (AvgIpc) is 2.78. The van der Waals surface area contributed by atoms with Crippen LogP contribution in [-0.4, -0.2) is 37.6 Å². The van der Waals surface area contributed by atoms with Crippen molar-refractivity contribution >= 4 is 18.3 Å². The first-order valence-electron chi connectivity index (χ1n) is 7.37. The number of methoxy groups -OCH3 is 1. The van der Waals surface area contributed by atoms with Crippen molar-refractivity contribution in [1.29, 1.82) is 0 Å². The van der Waals surface area contributed by atoms with Gasteiger partial charge in [-0.3, -0.25) is 4.79 Å². The van der Waals surface area contributed by atoms with Crippen LogP contribution in [0.2, 0.25) is 0 Å². The van der Waals surface area contributed by atoms with Crippen LogP contribution >= 0.6 is 12.4 Å². The molecule has 1 amide bonds. The number of hydrogen-bond donors (Lipinski definition) is 1. The van der Waals surface area contributed by atoms with Crippen molar-refractivity contribution in [2.45, 2.75) is 25.8 Å². The summed E-state index contributed by atoms with van der Waals surface area (Å²) in [5.41, 5.74) is 1.01. The summed E-state index contributed by atoms with van der Waals surface area (Å²) in [5.74, 6) is 1.18. The van der Waals surface area contributed by atoms with E-state index in [0.29, 0.717) is 12.5 Å². The maximum atomic E-state index is 12.7. The molecule has 2 aliphatic heterocycles. The highest BCUT2D eigenvalue weighted by Gasteiger charge is 2.46. The molecule has 1 spiro atoms. The number of hydrogen-bond acceptors (Lipinski definition) is 3. The summed E-state index contributed by atoms with van der Waals surface area (Å²) >= 11 is 0. The predicted octanol–water partition coefficient (Wildman–Crippen LogP) is 2.22. The van der Waals surface area contributed by atoms with Crippen LogP contribution in [0, 0.1) is 5.41 Å². The fraction of sp³-hybridized carbons (Fsp3) is 0.562. The highest BCUT2D eigenvalue weighted by molar-refractivity contribution is 5.85. The van der Waals surface area contributed by atoms with Gasteiger partial charge in [0.1, 0.15) is 5.75 Å². The van der Waals surface area contributed by atoms with E-state index in [4.69, 9.17) is 4.74 Å². The minimum Gasteiger partial charge on any atom is -0.497 e. The van der Waals surface area contributed by atoms with Gasteiger partial charge in [0.2, 0.25) is 5.91 Å². The van der Waals surface area contributed by atoms with Crippen molar-refractivity contribution in [3.63, 3.8) is 0 Å². The quantitative estimate of drug-likeness (QED) is 0.931. The van der Waals surface area contributed by atoms with Gasteiger partial charge in [-0.2, -0.15) is 0 Å². The van der Waals surface area contributed by atoms with Gasteiger partial charge in [-0.05, 0) is 43.5 Å². The number of likely N-dealkylation sites (tertiary alicyclic amines) is 1. The minimum atomic E-state index is -0.128. The second kappa shape index (κ2) is 6.67. The van der Waals surface area contributed by atoms with Crippen molar-refractivity contribution in [3.8, 4) is 5.75 Å². The zero-order valence-electron chi connectivity index (χ0n) is 12.4. The second-order valence-corrected chi connectivity index (χ2v) is 5.89. The lowest BCUT2D eigenvalue weighted by Gasteiger charge is -2.32. The number of carbonyl (C=O) groups excluding carboxylic acids is 1. The third-order valence-corrected chi connectivity index (χ3v) is 4.58. The third kappa shape index (κ3) is 3.16. The fourth-order valence-electron chi connectivity index (χ4n) is 3.40. The van der Waals surface area contributed by atoms with Crippen molar-refractivity contribution in [1.82, 2.24) is 10.2 Å². The van der Waals surface area contributed by atoms with Crippen LogP contribution in [0.3, 0.4) is 0 Å². The van der Waals surface area contributed by atoms with Crippen LogP contribution in [0.15, 0.2) is 24.3 Å². The number of nitrogens with one attached hydrogen (secondary N) is 1. The van der Waals surface area contributed by atoms with Gasteiger partial charge in [0.05, 0.1) is 12.5 Å². The zero-order chi connectivity index (χ0) is 14.0. The highest BCUT2D eigenvalue weighted by Crippen LogP contribution is 2.38. The molecule has 4 nitrogen and oxygen atoms in total. The summed E-state index contributed by atoms with van der Waals surface area (Å²) < 4.78 is 5.24. The summed E-state index contributed by atoms with van der Waals surface area (Å²) in [7, 11) is 1.67. The van der Waals surface area contributed by atoms with Gasteiger partial charge in [0, 0.05) is 19.6 Å². The van der Waals surface area contributed by atoms with Gasteiger partial charge >= 0.3 is 0 Å². The molecule has 2 saturated heterocycles. The van der Waals surface area contributed by atoms with E-state index in [0.717, 1.165) is 50.2 Å². The zero-order valence-corrected chi connectivity index (χ0v) is 13.2. The first-order valence-corrected chi connectivity index (χ1v) is 7.37. The van der Waals surface area contributed by atoms with Gasteiger partial charge in [-0.25, -0.2) is 0 Å². The average molecular weight is 311 g/mol. The van der Waals surface area contributed by atoms with Crippen LogP contribution < -0.4 is 10.1 Å². The number of carbonyl (C=O) groups is 1. The molecule has 0 radical (unpaired) electrons. The van der Waals surface area contributed by atoms with Crippen LogP contribution in [0.25, 0.3) is 0 Å². The number of rotatable bonds is 3. The Morgan fingerprint density at radius 2 is 2.24 bits per heavy atom. The fourth-order valence-corrected chi connectivity index (χ4v) is 3.40. The molecule has 1 N–H and O–H groups in total. The number of benzene rings is 1. The summed E-state index contributed by atoms with van der Waals surface area (Å²) in [5, 5.41) is 3.38. The Balaban J connectivity index is 0.00000161. The molecule has 116 valence electrons. The Kier molecular flexibility index (Phi) is 5.12. The summed E-state index contributed by atoms with van der Waals surface area (Å²) in [6.45, 7) is 3.46. The Morgan fingerprint density at radius 1 is 1.38 bits per heavy atom. The molecule has 5 heteroatoms. The molecule has 0 aromatic heterocycles. The molecule has 2 aliphatic rings. The summed E-state index contributed by atoms with van der Waals surface area (Å²) in [4.78, 5) is 14.7. The molecule has 3 rings (SSSR count). The molecule has 1 unspecified atom stereocenters. The maximum Gasteiger partial charge on any atom is 0.230 e. The van der Waals surface area contributed by atoms with Crippen LogP contribution in [-0.2, 0) is 11.3 Å². The normalized spacial score (nSPS) is 25.0. The van der Waals surface area contributed by atoms with E-state index in [1.807, 2.05) is 23.1 Å². The Hall–Kier alpha value is -1.26. The van der Waals surface area contributed by atoms with Crippen molar-refractivity contribution in [2.24, 2.45) is 5.41 Å². The van der Waals surface area contributed by atoms with Gasteiger partial charge in [0.15, 0.2) is 0 Å². The molecule has 1 atom stereocenters. The van der Waals surface area contributed by atoms with E-state index in [2.05, 4.69) is 11.4 Å². The Bertz CT molecular complexity index is 501. The van der Waals surface area contributed by atoms with E-state index in [9.17, 15) is 4.79 Å². The molecular weight excluding hydrogens is 288 g/mol. The molecule has 21 heavy (non-hydrogen) atoms. The molecule has 1 aromatic carbocycles. The van der Waals surface area contributed by atoms with Gasteiger partial charge in [-0.15, -0.1) is 12.4 Å². The van der Waals surface area contributed by atoms with Crippen molar-refractivity contribution in [3.05, 3.63) is 29.8 Å². The lowest BCUT2D eigenvalue weighted by molar-refractivity contribution is -0.137. The lowest BCUT2D eigenvalue weighted by atomic mass is 9.79. The first kappa shape index (κ1) is 16.1. The topological polar surface area (TPSA) is 41.6 Å². The van der Waals surface area contributed by atoms with Gasteiger partial charge in [0.25, 0.3) is 0 Å². The number of piperidine rings is 1. The SMILES string of the molecule is COc1cccc(CN2CCC3(CCCNC3)C2=O)c1.Cl. The molecule has 0 bridgehead atoms. The van der Waals surface area contributed by atoms with Crippen LogP contribution in [0.1, 0.15) is 24.8 Å². The second-order valence-electron chi connectivity index (χ2n) is 5.89. The molecule has 1 aromatic rings. The first-order chi connectivity index (χ1) is 9.73. The molecule has 2 fully saturated rings. The van der Waals surface area contributed by atoms with E-state index >= 15 is 0 Å². The third-order valence-electron chi connectivity index (χ3n) is 4.58. The Morgan fingerprint density at radius 3 is 2.95 bits per heavy atom. The highest BCUT2D eigenvalue weighted by atomic mass is 35.5. The molecular formula is C16H23ClN2O2. The van der Waals surface area contributed by atoms with Gasteiger partial charge < -0.3 is 15.0 Å². The van der Waals surface area contributed by atoms with E-state index in [1.165, 1.54) is 0 Å². The Labute approximate surface area is 132 Å². The van der Waals surface area contributed by atoms with E-state index in [-0.39, 0.29) is 17.8 Å². The smallest absolute Gasteiger partial charge is 0.230 e. The minimum absolute atomic E-state index is 0. The summed E-state index contributed by atoms with van der Waals surface area (Å²) in [6.07, 6.45) is 3.13. The van der Waals surface area contributed by atoms with Crippen LogP contribution in [0.5, 0.6) is 5.75 Å². The number of amides is 1. The van der Waals surface area contributed by atoms with E-state index < -0.39 is 0 Å².